The van der Waals surface area contributed by atoms with Gasteiger partial charge in [0.1, 0.15) is 36.6 Å². The van der Waals surface area contributed by atoms with Crippen molar-refractivity contribution in [2.45, 2.75) is 174 Å². The SMILES string of the molecule is CC1(C)C2CC[C@]3(C)C(C(=O)C=C4C5C[C@@](C)(C(=O)O)CC[C@]5(C)CC[C@]43C)[C@@]2(C)CC[C@@H]1O[C@@H]1O[C@H](C(=O)O)[C@@H](O)[C@H](O)[C@H]1O[C@H]1O[C@H](C(=O)O)[C@@H](O)[C@H](O)[C@H]1O. The summed E-state index contributed by atoms with van der Waals surface area (Å²) in [6.07, 6.45) is -12.2. The molecule has 7 rings (SSSR count). The number of aliphatic hydroxyl groups excluding tert-OH is 5. The number of ketones is 1. The summed E-state index contributed by atoms with van der Waals surface area (Å²) < 4.78 is 23.4. The molecule has 2 aliphatic heterocycles. The molecule has 19 atom stereocenters. The molecular weight excluding hydrogens is 760 g/mol. The first kappa shape index (κ1) is 43.5. The van der Waals surface area contributed by atoms with Crippen LogP contribution < -0.4 is 0 Å². The van der Waals surface area contributed by atoms with Gasteiger partial charge in [0, 0.05) is 5.92 Å². The van der Waals surface area contributed by atoms with Gasteiger partial charge in [0.2, 0.25) is 0 Å². The minimum atomic E-state index is -2.05. The van der Waals surface area contributed by atoms with E-state index in [1.807, 2.05) is 26.8 Å². The Balaban J connectivity index is 1.17. The Morgan fingerprint density at radius 1 is 0.690 bits per heavy atom. The molecule has 0 aromatic rings. The molecule has 2 saturated heterocycles. The van der Waals surface area contributed by atoms with E-state index in [1.54, 1.807) is 0 Å². The molecule has 2 heterocycles. The van der Waals surface area contributed by atoms with E-state index in [0.29, 0.717) is 25.7 Å². The molecule has 3 unspecified atom stereocenters. The Morgan fingerprint density at radius 2 is 1.28 bits per heavy atom. The fraction of sp³-hybridized carbons (Fsp3) is 0.857. The third-order valence-corrected chi connectivity index (χ3v) is 17.2. The summed E-state index contributed by atoms with van der Waals surface area (Å²) in [7, 11) is 0. The van der Waals surface area contributed by atoms with Gasteiger partial charge in [0.05, 0.1) is 11.5 Å². The maximum atomic E-state index is 14.8. The molecule has 0 aromatic carbocycles. The van der Waals surface area contributed by atoms with Crippen molar-refractivity contribution in [3.63, 3.8) is 0 Å². The molecule has 6 fully saturated rings. The van der Waals surface area contributed by atoms with Gasteiger partial charge >= 0.3 is 17.9 Å². The predicted octanol–water partition coefficient (Wildman–Crippen LogP) is 2.25. The van der Waals surface area contributed by atoms with Crippen molar-refractivity contribution in [1.82, 2.24) is 0 Å². The van der Waals surface area contributed by atoms with Crippen molar-refractivity contribution in [2.75, 3.05) is 0 Å². The van der Waals surface area contributed by atoms with Crippen LogP contribution in [0.25, 0.3) is 0 Å². The Morgan fingerprint density at radius 3 is 1.88 bits per heavy atom. The molecule has 8 N–H and O–H groups in total. The highest BCUT2D eigenvalue weighted by molar-refractivity contribution is 5.95. The van der Waals surface area contributed by atoms with Crippen molar-refractivity contribution >= 4 is 23.7 Å². The van der Waals surface area contributed by atoms with E-state index in [9.17, 15) is 60.0 Å². The molecule has 5 aliphatic carbocycles. The average Bonchev–Trinajstić information content (AvgIpc) is 3.13. The highest BCUT2D eigenvalue weighted by atomic mass is 16.8. The number of allylic oxidation sites excluding steroid dienone is 2. The fourth-order valence-corrected chi connectivity index (χ4v) is 13.4. The molecule has 16 nitrogen and oxygen atoms in total. The number of hydrogen-bond acceptors (Lipinski definition) is 13. The van der Waals surface area contributed by atoms with Crippen LogP contribution in [0.2, 0.25) is 0 Å². The van der Waals surface area contributed by atoms with Gasteiger partial charge in [-0.2, -0.15) is 0 Å². The molecule has 0 aromatic heterocycles. The van der Waals surface area contributed by atoms with E-state index in [0.717, 1.165) is 37.7 Å². The highest BCUT2D eigenvalue weighted by Gasteiger charge is 2.71. The monoisotopic (exact) mass is 822 g/mol. The second-order valence-electron chi connectivity index (χ2n) is 20.6. The Bertz CT molecular complexity index is 1730. The van der Waals surface area contributed by atoms with Crippen LogP contribution in [-0.2, 0) is 38.1 Å². The van der Waals surface area contributed by atoms with E-state index in [2.05, 4.69) is 27.7 Å². The van der Waals surface area contributed by atoms with Crippen LogP contribution in [0.3, 0.4) is 0 Å². The quantitative estimate of drug-likeness (QED) is 0.171. The van der Waals surface area contributed by atoms with Gasteiger partial charge in [-0.25, -0.2) is 9.59 Å². The van der Waals surface area contributed by atoms with E-state index in [-0.39, 0.29) is 34.4 Å². The number of aliphatic carboxylic acids is 3. The summed E-state index contributed by atoms with van der Waals surface area (Å²) in [6.45, 7) is 14.8. The highest BCUT2D eigenvalue weighted by Crippen LogP contribution is 2.75. The summed E-state index contributed by atoms with van der Waals surface area (Å²) in [5.41, 5.74) is -1.81. The minimum absolute atomic E-state index is 0.0217. The maximum absolute atomic E-state index is 14.8. The number of aliphatic hydroxyl groups is 5. The summed E-state index contributed by atoms with van der Waals surface area (Å²) in [4.78, 5) is 51.3. The number of fused-ring (bicyclic) bond motifs is 7. The lowest BCUT2D eigenvalue weighted by atomic mass is 9.33. The van der Waals surface area contributed by atoms with Crippen molar-refractivity contribution in [1.29, 1.82) is 0 Å². The maximum Gasteiger partial charge on any atom is 0.335 e. The van der Waals surface area contributed by atoms with Crippen LogP contribution in [0.4, 0.5) is 0 Å². The number of hydrogen-bond donors (Lipinski definition) is 8. The first-order chi connectivity index (χ1) is 26.8. The van der Waals surface area contributed by atoms with Gasteiger partial charge in [-0.3, -0.25) is 9.59 Å². The first-order valence-corrected chi connectivity index (χ1v) is 20.7. The van der Waals surface area contributed by atoms with Gasteiger partial charge in [0.25, 0.3) is 0 Å². The lowest BCUT2D eigenvalue weighted by Gasteiger charge is -2.70. The molecular formula is C42H62O16. The molecule has 7 aliphatic rings. The summed E-state index contributed by atoms with van der Waals surface area (Å²) in [5, 5.41) is 83.0. The van der Waals surface area contributed by atoms with Gasteiger partial charge in [-0.05, 0) is 110 Å². The number of rotatable bonds is 7. The molecule has 16 heteroatoms. The number of carbonyl (C=O) groups excluding carboxylic acids is 1. The summed E-state index contributed by atoms with van der Waals surface area (Å²) in [5.74, 6) is -4.47. The fourth-order valence-electron chi connectivity index (χ4n) is 13.4. The number of ether oxygens (including phenoxy) is 4. The second-order valence-corrected chi connectivity index (χ2v) is 20.6. The average molecular weight is 823 g/mol. The van der Waals surface area contributed by atoms with Crippen LogP contribution in [0.1, 0.15) is 106 Å². The van der Waals surface area contributed by atoms with Gasteiger partial charge in [0.15, 0.2) is 30.6 Å². The standard InChI is InChI=1S/C42H62O16/c1-37(2)21-8-11-42(7)31(20(43)16-18-19-17-39(4,36(53)54)13-12-38(19,3)14-15-41(18,42)6)40(21,5)10-9-22(37)55-35-30(26(47)25(46)29(57-35)33(51)52)58-34-27(48)23(44)24(45)28(56-34)32(49)50/h16,19,21-31,34-35,44-48H,8-15,17H2,1-7H3,(H,49,50)(H,51,52)(H,53,54)/t19?,21?,22-,23-,24-,25-,26-,27+,28-,29-,30+,31?,34+,35+,38+,39-,40-,41+,42+/m0/s1. The minimum Gasteiger partial charge on any atom is -0.481 e. The zero-order chi connectivity index (χ0) is 42.9. The van der Waals surface area contributed by atoms with Gasteiger partial charge in [-0.15, -0.1) is 0 Å². The Kier molecular flexibility index (Phi) is 10.7. The van der Waals surface area contributed by atoms with Crippen LogP contribution >= 0.6 is 0 Å². The number of carboxylic acids is 3. The lowest BCUT2D eigenvalue weighted by Crippen LogP contribution is -2.68. The smallest absolute Gasteiger partial charge is 0.335 e. The van der Waals surface area contributed by atoms with Crippen molar-refractivity contribution in [2.24, 2.45) is 50.2 Å². The Hall–Kier alpha value is -2.54. The van der Waals surface area contributed by atoms with Gasteiger partial charge in [-0.1, -0.05) is 47.1 Å². The molecule has 0 spiro atoms. The van der Waals surface area contributed by atoms with Crippen LogP contribution in [0.15, 0.2) is 11.6 Å². The van der Waals surface area contributed by atoms with E-state index in [4.69, 9.17) is 18.9 Å². The lowest BCUT2D eigenvalue weighted by molar-refractivity contribution is -0.371. The zero-order valence-corrected chi connectivity index (χ0v) is 34.4. The van der Waals surface area contributed by atoms with E-state index >= 15 is 0 Å². The summed E-state index contributed by atoms with van der Waals surface area (Å²) >= 11 is 0. The molecule has 58 heavy (non-hydrogen) atoms. The number of carbonyl (C=O) groups is 4. The Labute approximate surface area is 337 Å². The van der Waals surface area contributed by atoms with Crippen LogP contribution in [0, 0.1) is 50.2 Å². The summed E-state index contributed by atoms with van der Waals surface area (Å²) in [6, 6.07) is 0. The van der Waals surface area contributed by atoms with Crippen LogP contribution in [-0.4, -0.2) is 132 Å². The molecule has 0 radical (unpaired) electrons. The second kappa shape index (κ2) is 14.3. The zero-order valence-electron chi connectivity index (χ0n) is 34.4. The molecule has 0 bridgehead atoms. The third kappa shape index (κ3) is 6.25. The third-order valence-electron chi connectivity index (χ3n) is 17.2. The number of carboxylic acid groups (broad SMARTS) is 3. The van der Waals surface area contributed by atoms with Crippen molar-refractivity contribution in [3.05, 3.63) is 11.6 Å². The molecule has 0 amide bonds. The van der Waals surface area contributed by atoms with Crippen molar-refractivity contribution in [3.8, 4) is 0 Å². The largest absolute Gasteiger partial charge is 0.481 e. The van der Waals surface area contributed by atoms with Crippen molar-refractivity contribution < 1.29 is 79.0 Å². The predicted molar refractivity (Wildman–Crippen MR) is 199 cm³/mol. The molecule has 4 saturated carbocycles. The normalized spacial score (nSPS) is 52.6. The molecule has 326 valence electrons. The van der Waals surface area contributed by atoms with Crippen LogP contribution in [0.5, 0.6) is 0 Å². The van der Waals surface area contributed by atoms with E-state index in [1.165, 1.54) is 0 Å². The van der Waals surface area contributed by atoms with Gasteiger partial charge < -0.3 is 59.8 Å². The topological polar surface area (TPSA) is 267 Å². The van der Waals surface area contributed by atoms with E-state index < -0.39 is 107 Å². The first-order valence-electron chi connectivity index (χ1n) is 20.7.